The van der Waals surface area contributed by atoms with Gasteiger partial charge in [0.1, 0.15) is 0 Å². The Hall–Kier alpha value is -0.0800. The number of hydrogen-bond acceptors (Lipinski definition) is 2. The molecular formula is C19H39NO. The van der Waals surface area contributed by atoms with E-state index in [0.29, 0.717) is 10.8 Å². The number of nitrogens with one attached hydrogen (secondary N) is 1. The molecule has 0 heterocycles. The molecule has 0 saturated heterocycles. The van der Waals surface area contributed by atoms with Crippen molar-refractivity contribution in [3.63, 3.8) is 0 Å². The van der Waals surface area contributed by atoms with Crippen LogP contribution in [0.15, 0.2) is 0 Å². The summed E-state index contributed by atoms with van der Waals surface area (Å²) < 4.78 is 6.65. The molecule has 0 amide bonds. The Balaban J connectivity index is 2.79. The number of rotatable bonds is 5. The zero-order valence-electron chi connectivity index (χ0n) is 15.9. The highest BCUT2D eigenvalue weighted by Gasteiger charge is 2.39. The van der Waals surface area contributed by atoms with Gasteiger partial charge < -0.3 is 10.1 Å². The zero-order valence-corrected chi connectivity index (χ0v) is 15.9. The van der Waals surface area contributed by atoms with Gasteiger partial charge in [0, 0.05) is 0 Å². The van der Waals surface area contributed by atoms with Gasteiger partial charge in [0.25, 0.3) is 0 Å². The summed E-state index contributed by atoms with van der Waals surface area (Å²) in [5.41, 5.74) is 0.810. The molecule has 2 heteroatoms. The van der Waals surface area contributed by atoms with Crippen molar-refractivity contribution >= 4 is 0 Å². The van der Waals surface area contributed by atoms with E-state index in [1.54, 1.807) is 0 Å². The van der Waals surface area contributed by atoms with Gasteiger partial charge in [-0.05, 0) is 83.7 Å². The molecule has 1 rings (SSSR count). The van der Waals surface area contributed by atoms with Gasteiger partial charge in [-0.15, -0.1) is 0 Å². The van der Waals surface area contributed by atoms with Crippen molar-refractivity contribution in [1.29, 1.82) is 0 Å². The van der Waals surface area contributed by atoms with E-state index < -0.39 is 0 Å². The van der Waals surface area contributed by atoms with Crippen molar-refractivity contribution in [2.24, 2.45) is 10.8 Å². The van der Waals surface area contributed by atoms with Crippen molar-refractivity contribution in [3.05, 3.63) is 0 Å². The molecule has 0 aliphatic heterocycles. The van der Waals surface area contributed by atoms with Crippen LogP contribution in [0, 0.1) is 10.8 Å². The largest absolute Gasteiger partial charge is 0.369 e. The smallest absolute Gasteiger partial charge is 0.0662 e. The summed E-state index contributed by atoms with van der Waals surface area (Å²) in [6.07, 6.45) is 7.26. The lowest BCUT2D eigenvalue weighted by Gasteiger charge is -2.46. The molecular weight excluding hydrogens is 258 g/mol. The molecule has 1 N–H and O–H groups in total. The van der Waals surface area contributed by atoms with Crippen LogP contribution < -0.4 is 5.32 Å². The van der Waals surface area contributed by atoms with Crippen molar-refractivity contribution in [3.8, 4) is 0 Å². The maximum atomic E-state index is 6.65. The molecule has 2 nitrogen and oxygen atoms in total. The van der Waals surface area contributed by atoms with Crippen LogP contribution in [0.1, 0.15) is 87.0 Å². The second-order valence-electron chi connectivity index (χ2n) is 9.67. The summed E-state index contributed by atoms with van der Waals surface area (Å²) >= 11 is 0. The maximum absolute atomic E-state index is 6.65. The fraction of sp³-hybridized carbons (Fsp3) is 1.00. The Bertz CT molecular complexity index is 312. The molecule has 0 unspecified atom stereocenters. The van der Waals surface area contributed by atoms with Crippen LogP contribution in [0.3, 0.4) is 0 Å². The van der Waals surface area contributed by atoms with Crippen LogP contribution in [-0.4, -0.2) is 24.8 Å². The summed E-state index contributed by atoms with van der Waals surface area (Å²) in [4.78, 5) is 0. The number of hydrogen-bond donors (Lipinski definition) is 1. The van der Waals surface area contributed by atoms with Crippen LogP contribution in [-0.2, 0) is 4.74 Å². The summed E-state index contributed by atoms with van der Waals surface area (Å²) in [5.74, 6) is 0. The molecule has 1 saturated carbocycles. The van der Waals surface area contributed by atoms with Gasteiger partial charge in [-0.25, -0.2) is 0 Å². The van der Waals surface area contributed by atoms with Crippen LogP contribution in [0.4, 0.5) is 0 Å². The molecule has 0 aromatic rings. The zero-order chi connectivity index (χ0) is 16.4. The van der Waals surface area contributed by atoms with Crippen molar-refractivity contribution in [2.75, 3.05) is 13.6 Å². The molecule has 1 aliphatic carbocycles. The minimum absolute atomic E-state index is 0.0200. The van der Waals surface area contributed by atoms with E-state index in [4.69, 9.17) is 4.74 Å². The minimum atomic E-state index is -0.0504. The standard InChI is InChI=1S/C19H39NO/c1-16(2)9-11-19(7,12-10-17(3,4)15-16)21-18(5,6)13-14-20-8/h20H,9-15H2,1-8H3. The lowest BCUT2D eigenvalue weighted by atomic mass is 9.66. The maximum Gasteiger partial charge on any atom is 0.0662 e. The Morgan fingerprint density at radius 2 is 1.38 bits per heavy atom. The van der Waals surface area contributed by atoms with E-state index in [0.717, 1.165) is 13.0 Å². The summed E-state index contributed by atoms with van der Waals surface area (Å²) in [6, 6.07) is 0. The third-order valence-electron chi connectivity index (χ3n) is 5.12. The van der Waals surface area contributed by atoms with Crippen LogP contribution in [0.25, 0.3) is 0 Å². The van der Waals surface area contributed by atoms with Gasteiger partial charge in [-0.1, -0.05) is 27.7 Å². The van der Waals surface area contributed by atoms with Gasteiger partial charge in [-0.3, -0.25) is 0 Å². The molecule has 0 aromatic carbocycles. The summed E-state index contributed by atoms with van der Waals surface area (Å²) in [7, 11) is 2.01. The van der Waals surface area contributed by atoms with E-state index in [1.807, 2.05) is 7.05 Å². The first-order valence-corrected chi connectivity index (χ1v) is 8.74. The quantitative estimate of drug-likeness (QED) is 0.756. The minimum Gasteiger partial charge on any atom is -0.369 e. The molecule has 0 atom stereocenters. The third-order valence-corrected chi connectivity index (χ3v) is 5.12. The van der Waals surface area contributed by atoms with E-state index in [9.17, 15) is 0 Å². The molecule has 1 fully saturated rings. The SMILES string of the molecule is CNCCC(C)(C)OC1(C)CCC(C)(C)CC(C)(C)CC1. The van der Waals surface area contributed by atoms with E-state index in [1.165, 1.54) is 32.1 Å². The van der Waals surface area contributed by atoms with Crippen LogP contribution in [0.5, 0.6) is 0 Å². The van der Waals surface area contributed by atoms with Crippen molar-refractivity contribution in [1.82, 2.24) is 5.32 Å². The molecule has 0 radical (unpaired) electrons. The van der Waals surface area contributed by atoms with Crippen LogP contribution >= 0.6 is 0 Å². The predicted molar refractivity (Wildman–Crippen MR) is 92.8 cm³/mol. The fourth-order valence-electron chi connectivity index (χ4n) is 4.05. The normalized spacial score (nSPS) is 25.1. The topological polar surface area (TPSA) is 21.3 Å². The molecule has 0 spiro atoms. The van der Waals surface area contributed by atoms with Crippen molar-refractivity contribution in [2.45, 2.75) is 98.2 Å². The van der Waals surface area contributed by atoms with Crippen LogP contribution in [0.2, 0.25) is 0 Å². The Morgan fingerprint density at radius 3 is 1.81 bits per heavy atom. The Kier molecular flexibility index (Phi) is 5.94. The molecule has 21 heavy (non-hydrogen) atoms. The first kappa shape index (κ1) is 19.0. The molecule has 126 valence electrons. The van der Waals surface area contributed by atoms with Gasteiger partial charge in [0.05, 0.1) is 11.2 Å². The van der Waals surface area contributed by atoms with E-state index >= 15 is 0 Å². The molecule has 1 aliphatic rings. The summed E-state index contributed by atoms with van der Waals surface area (Å²) in [6.45, 7) is 17.5. The highest BCUT2D eigenvalue weighted by Crippen LogP contribution is 2.46. The Labute approximate surface area is 133 Å². The Morgan fingerprint density at radius 1 is 0.905 bits per heavy atom. The highest BCUT2D eigenvalue weighted by molar-refractivity contribution is 4.90. The van der Waals surface area contributed by atoms with E-state index in [2.05, 4.69) is 53.8 Å². The van der Waals surface area contributed by atoms with Gasteiger partial charge in [-0.2, -0.15) is 0 Å². The molecule has 0 bridgehead atoms. The fourth-order valence-corrected chi connectivity index (χ4v) is 4.05. The number of ether oxygens (including phenoxy) is 1. The average molecular weight is 298 g/mol. The second kappa shape index (κ2) is 6.58. The van der Waals surface area contributed by atoms with Gasteiger partial charge >= 0.3 is 0 Å². The van der Waals surface area contributed by atoms with E-state index in [-0.39, 0.29) is 11.2 Å². The third kappa shape index (κ3) is 6.69. The van der Waals surface area contributed by atoms with Gasteiger partial charge in [0.15, 0.2) is 0 Å². The van der Waals surface area contributed by atoms with Gasteiger partial charge in [0.2, 0.25) is 0 Å². The average Bonchev–Trinajstić information content (AvgIpc) is 2.30. The first-order valence-electron chi connectivity index (χ1n) is 8.74. The lowest BCUT2D eigenvalue weighted by molar-refractivity contribution is -0.153. The molecule has 0 aromatic heterocycles. The van der Waals surface area contributed by atoms with Crippen molar-refractivity contribution < 1.29 is 4.74 Å². The summed E-state index contributed by atoms with van der Waals surface area (Å²) in [5, 5.41) is 3.24. The monoisotopic (exact) mass is 297 g/mol. The predicted octanol–water partition coefficient (Wildman–Crippen LogP) is 5.17. The first-order chi connectivity index (χ1) is 9.39. The second-order valence-corrected chi connectivity index (χ2v) is 9.67. The highest BCUT2D eigenvalue weighted by atomic mass is 16.5. The lowest BCUT2D eigenvalue weighted by Crippen LogP contribution is -2.43.